The number of halogens is 3. The molecule has 88 valence electrons. The summed E-state index contributed by atoms with van der Waals surface area (Å²) in [7, 11) is 1.49. The van der Waals surface area contributed by atoms with Gasteiger partial charge in [-0.1, -0.05) is 23.7 Å². The Morgan fingerprint density at radius 1 is 1.06 bits per heavy atom. The molecule has 0 heterocycles. The molecule has 2 aromatic carbocycles. The number of benzene rings is 2. The maximum absolute atomic E-state index is 13.6. The van der Waals surface area contributed by atoms with Gasteiger partial charge in [0, 0.05) is 16.1 Å². The normalized spacial score (nSPS) is 10.4. The van der Waals surface area contributed by atoms with Gasteiger partial charge in [0.15, 0.2) is 11.6 Å². The first-order valence-corrected chi connectivity index (χ1v) is 5.29. The first-order valence-electron chi connectivity index (χ1n) is 4.91. The van der Waals surface area contributed by atoms with Gasteiger partial charge in [-0.15, -0.1) is 0 Å². The minimum atomic E-state index is -0.914. The van der Waals surface area contributed by atoms with E-state index in [1.807, 2.05) is 0 Å². The fourth-order valence-electron chi connectivity index (χ4n) is 1.55. The topological polar surface area (TPSA) is 9.23 Å². The zero-order valence-electron chi connectivity index (χ0n) is 9.01. The first-order chi connectivity index (χ1) is 8.13. The molecular formula is C13H9ClF2O. The van der Waals surface area contributed by atoms with E-state index >= 15 is 0 Å². The van der Waals surface area contributed by atoms with Gasteiger partial charge in [-0.05, 0) is 24.3 Å². The van der Waals surface area contributed by atoms with Crippen molar-refractivity contribution in [3.63, 3.8) is 0 Å². The van der Waals surface area contributed by atoms with Crippen LogP contribution in [0.2, 0.25) is 5.02 Å². The third-order valence-electron chi connectivity index (χ3n) is 2.42. The zero-order valence-corrected chi connectivity index (χ0v) is 9.76. The van der Waals surface area contributed by atoms with Crippen LogP contribution in [0.15, 0.2) is 36.4 Å². The van der Waals surface area contributed by atoms with E-state index in [2.05, 4.69) is 0 Å². The summed E-state index contributed by atoms with van der Waals surface area (Å²) in [5, 5.41) is 0.343. The van der Waals surface area contributed by atoms with Crippen LogP contribution in [0.25, 0.3) is 11.1 Å². The summed E-state index contributed by atoms with van der Waals surface area (Å²) >= 11 is 5.97. The van der Waals surface area contributed by atoms with Gasteiger partial charge in [0.2, 0.25) is 0 Å². The lowest BCUT2D eigenvalue weighted by molar-refractivity contribution is 0.415. The van der Waals surface area contributed by atoms with Gasteiger partial charge in [-0.25, -0.2) is 8.78 Å². The highest BCUT2D eigenvalue weighted by atomic mass is 35.5. The second kappa shape index (κ2) is 4.72. The lowest BCUT2D eigenvalue weighted by Gasteiger charge is -2.08. The van der Waals surface area contributed by atoms with E-state index < -0.39 is 11.6 Å². The van der Waals surface area contributed by atoms with Crippen molar-refractivity contribution in [3.8, 4) is 16.9 Å². The number of hydrogen-bond donors (Lipinski definition) is 0. The SMILES string of the molecule is COc1ccc(Cl)c(-c2cccc(F)c2F)c1. The van der Waals surface area contributed by atoms with Crippen molar-refractivity contribution in [1.29, 1.82) is 0 Å². The highest BCUT2D eigenvalue weighted by Gasteiger charge is 2.13. The van der Waals surface area contributed by atoms with Crippen molar-refractivity contribution in [2.75, 3.05) is 7.11 Å². The molecule has 0 fully saturated rings. The smallest absolute Gasteiger partial charge is 0.166 e. The molecule has 1 nitrogen and oxygen atoms in total. The van der Waals surface area contributed by atoms with Crippen molar-refractivity contribution in [2.24, 2.45) is 0 Å². The van der Waals surface area contributed by atoms with Crippen LogP contribution in [0.5, 0.6) is 5.75 Å². The van der Waals surface area contributed by atoms with Crippen LogP contribution in [0.3, 0.4) is 0 Å². The Balaban J connectivity index is 2.63. The summed E-state index contributed by atoms with van der Waals surface area (Å²) in [6, 6.07) is 8.78. The average Bonchev–Trinajstić information content (AvgIpc) is 2.34. The van der Waals surface area contributed by atoms with Gasteiger partial charge in [0.25, 0.3) is 0 Å². The second-order valence-corrected chi connectivity index (χ2v) is 3.85. The molecule has 0 aliphatic heterocycles. The molecule has 0 saturated carbocycles. The van der Waals surface area contributed by atoms with E-state index in [0.717, 1.165) is 6.07 Å². The molecule has 0 aliphatic carbocycles. The number of hydrogen-bond acceptors (Lipinski definition) is 1. The molecule has 0 bridgehead atoms. The summed E-state index contributed by atoms with van der Waals surface area (Å²) in [5.74, 6) is -1.28. The molecular weight excluding hydrogens is 246 g/mol. The largest absolute Gasteiger partial charge is 0.497 e. The maximum Gasteiger partial charge on any atom is 0.166 e. The van der Waals surface area contributed by atoms with Crippen molar-refractivity contribution in [1.82, 2.24) is 0 Å². The van der Waals surface area contributed by atoms with E-state index in [4.69, 9.17) is 16.3 Å². The molecule has 17 heavy (non-hydrogen) atoms. The average molecular weight is 255 g/mol. The fraction of sp³-hybridized carbons (Fsp3) is 0.0769. The highest BCUT2D eigenvalue weighted by Crippen LogP contribution is 2.33. The minimum Gasteiger partial charge on any atom is -0.497 e. The van der Waals surface area contributed by atoms with E-state index in [0.29, 0.717) is 16.3 Å². The van der Waals surface area contributed by atoms with Crippen molar-refractivity contribution >= 4 is 11.6 Å². The van der Waals surface area contributed by atoms with Gasteiger partial charge >= 0.3 is 0 Å². The van der Waals surface area contributed by atoms with Crippen molar-refractivity contribution in [3.05, 3.63) is 53.1 Å². The van der Waals surface area contributed by atoms with Gasteiger partial charge in [-0.3, -0.25) is 0 Å². The van der Waals surface area contributed by atoms with Crippen LogP contribution in [-0.4, -0.2) is 7.11 Å². The third kappa shape index (κ3) is 2.24. The van der Waals surface area contributed by atoms with Crippen LogP contribution >= 0.6 is 11.6 Å². The van der Waals surface area contributed by atoms with Crippen LogP contribution in [0.4, 0.5) is 8.78 Å². The van der Waals surface area contributed by atoms with Gasteiger partial charge in [0.1, 0.15) is 5.75 Å². The summed E-state index contributed by atoms with van der Waals surface area (Å²) in [5.41, 5.74) is 0.525. The Morgan fingerprint density at radius 2 is 1.82 bits per heavy atom. The highest BCUT2D eigenvalue weighted by molar-refractivity contribution is 6.33. The lowest BCUT2D eigenvalue weighted by atomic mass is 10.0. The molecule has 0 aliphatic rings. The molecule has 0 atom stereocenters. The number of methoxy groups -OCH3 is 1. The fourth-order valence-corrected chi connectivity index (χ4v) is 1.77. The Bertz CT molecular complexity index is 555. The van der Waals surface area contributed by atoms with Crippen LogP contribution < -0.4 is 4.74 Å². The van der Waals surface area contributed by atoms with E-state index in [-0.39, 0.29) is 5.56 Å². The summed E-state index contributed by atoms with van der Waals surface area (Å²) in [6.07, 6.45) is 0. The lowest BCUT2D eigenvalue weighted by Crippen LogP contribution is -1.91. The minimum absolute atomic E-state index is 0.119. The Morgan fingerprint density at radius 3 is 2.53 bits per heavy atom. The molecule has 0 aromatic heterocycles. The van der Waals surface area contributed by atoms with E-state index in [1.54, 1.807) is 18.2 Å². The number of rotatable bonds is 2. The van der Waals surface area contributed by atoms with Gasteiger partial charge in [-0.2, -0.15) is 0 Å². The van der Waals surface area contributed by atoms with Crippen molar-refractivity contribution in [2.45, 2.75) is 0 Å². The summed E-state index contributed by atoms with van der Waals surface area (Å²) in [4.78, 5) is 0. The molecule has 0 radical (unpaired) electrons. The first kappa shape index (κ1) is 11.9. The van der Waals surface area contributed by atoms with Gasteiger partial charge in [0.05, 0.1) is 7.11 Å². The Hall–Kier alpha value is -1.61. The Kier molecular flexibility index (Phi) is 3.29. The predicted molar refractivity (Wildman–Crippen MR) is 63.4 cm³/mol. The standard InChI is InChI=1S/C13H9ClF2O/c1-17-8-5-6-11(14)10(7-8)9-3-2-4-12(15)13(9)16/h2-7H,1H3. The van der Waals surface area contributed by atoms with E-state index in [9.17, 15) is 8.78 Å². The molecule has 0 unspecified atom stereocenters. The monoisotopic (exact) mass is 254 g/mol. The molecule has 2 aromatic rings. The Labute approximate surface area is 103 Å². The zero-order chi connectivity index (χ0) is 12.4. The predicted octanol–water partition coefficient (Wildman–Crippen LogP) is 4.29. The molecule has 0 saturated heterocycles. The molecule has 2 rings (SSSR count). The molecule has 0 spiro atoms. The number of ether oxygens (including phenoxy) is 1. The van der Waals surface area contributed by atoms with Crippen molar-refractivity contribution < 1.29 is 13.5 Å². The maximum atomic E-state index is 13.6. The van der Waals surface area contributed by atoms with Gasteiger partial charge < -0.3 is 4.74 Å². The third-order valence-corrected chi connectivity index (χ3v) is 2.74. The molecule has 0 amide bonds. The summed E-state index contributed by atoms with van der Waals surface area (Å²) < 4.78 is 31.8. The quantitative estimate of drug-likeness (QED) is 0.777. The van der Waals surface area contributed by atoms with Crippen LogP contribution in [-0.2, 0) is 0 Å². The molecule has 4 heteroatoms. The second-order valence-electron chi connectivity index (χ2n) is 3.45. The van der Waals surface area contributed by atoms with Crippen LogP contribution in [0, 0.1) is 11.6 Å². The van der Waals surface area contributed by atoms with E-state index in [1.165, 1.54) is 19.2 Å². The summed E-state index contributed by atoms with van der Waals surface area (Å²) in [6.45, 7) is 0. The van der Waals surface area contributed by atoms with Crippen LogP contribution in [0.1, 0.15) is 0 Å². The molecule has 0 N–H and O–H groups in total.